The summed E-state index contributed by atoms with van der Waals surface area (Å²) in [7, 11) is 0. The van der Waals surface area contributed by atoms with Gasteiger partial charge in [0, 0.05) is 11.6 Å². The van der Waals surface area contributed by atoms with Gasteiger partial charge in [0.05, 0.1) is 12.7 Å². The Morgan fingerprint density at radius 1 is 0.867 bits per heavy atom. The van der Waals surface area contributed by atoms with Crippen molar-refractivity contribution < 1.29 is 78.8 Å². The quantitative estimate of drug-likeness (QED) is 0.137. The molecule has 10 unspecified atom stereocenters. The van der Waals surface area contributed by atoms with E-state index in [0.717, 1.165) is 12.1 Å². The molecule has 45 heavy (non-hydrogen) atoms. The molecule has 2 aromatic carbocycles. The van der Waals surface area contributed by atoms with Crippen LogP contribution in [0.1, 0.15) is 6.92 Å². The zero-order chi connectivity index (χ0) is 32.3. The first-order valence-corrected chi connectivity index (χ1v) is 13.7. The van der Waals surface area contributed by atoms with Gasteiger partial charge in [0.1, 0.15) is 47.6 Å². The lowest BCUT2D eigenvalue weighted by Crippen LogP contribution is -2.64. The average Bonchev–Trinajstić information content (AvgIpc) is 3.49. The van der Waals surface area contributed by atoms with Crippen molar-refractivity contribution in [2.45, 2.75) is 68.3 Å². The highest BCUT2D eigenvalue weighted by Crippen LogP contribution is 2.47. The Morgan fingerprint density at radius 3 is 2.33 bits per heavy atom. The molecular weight excluding hydrogens is 608 g/mol. The number of hydrogen-bond donors (Lipinski definition) is 9. The van der Waals surface area contributed by atoms with Crippen LogP contribution in [-0.4, -0.2) is 121 Å². The van der Waals surface area contributed by atoms with E-state index in [1.165, 1.54) is 19.1 Å². The van der Waals surface area contributed by atoms with E-state index in [9.17, 15) is 50.8 Å². The van der Waals surface area contributed by atoms with Crippen LogP contribution in [0.4, 0.5) is 0 Å². The van der Waals surface area contributed by atoms with Gasteiger partial charge in [0.2, 0.25) is 30.0 Å². The maximum Gasteiger partial charge on any atom is 0.239 e. The summed E-state index contributed by atoms with van der Waals surface area (Å²) in [6, 6.07) is 4.69. The number of phenols is 3. The van der Waals surface area contributed by atoms with E-state index >= 15 is 0 Å². The normalized spacial score (nSPS) is 33.0. The molecule has 6 rings (SSSR count). The van der Waals surface area contributed by atoms with E-state index in [1.807, 2.05) is 0 Å². The van der Waals surface area contributed by atoms with E-state index in [4.69, 9.17) is 32.8 Å². The topological polar surface area (TPSA) is 268 Å². The maximum atomic E-state index is 14.0. The molecule has 0 aliphatic carbocycles. The van der Waals surface area contributed by atoms with Gasteiger partial charge >= 0.3 is 0 Å². The van der Waals surface area contributed by atoms with Crippen LogP contribution in [0.5, 0.6) is 34.5 Å². The van der Waals surface area contributed by atoms with Crippen molar-refractivity contribution in [1.29, 1.82) is 0 Å². The predicted molar refractivity (Wildman–Crippen MR) is 145 cm³/mol. The van der Waals surface area contributed by atoms with Gasteiger partial charge in [0.15, 0.2) is 41.2 Å². The Bertz CT molecular complexity index is 1640. The van der Waals surface area contributed by atoms with Gasteiger partial charge in [-0.2, -0.15) is 0 Å². The molecule has 9 N–H and O–H groups in total. The Balaban J connectivity index is 1.47. The molecule has 3 aliphatic rings. The van der Waals surface area contributed by atoms with Crippen LogP contribution in [0, 0.1) is 0 Å². The second-order valence-electron chi connectivity index (χ2n) is 10.7. The molecule has 17 nitrogen and oxygen atoms in total. The van der Waals surface area contributed by atoms with Gasteiger partial charge in [-0.05, 0) is 25.1 Å². The summed E-state index contributed by atoms with van der Waals surface area (Å²) in [6.45, 7) is 0.295. The number of ether oxygens (including phenoxy) is 6. The Labute approximate surface area is 252 Å². The second-order valence-corrected chi connectivity index (χ2v) is 10.7. The fourth-order valence-electron chi connectivity index (χ4n) is 5.33. The van der Waals surface area contributed by atoms with Crippen LogP contribution in [0.25, 0.3) is 22.3 Å². The van der Waals surface area contributed by atoms with Crippen LogP contribution in [0.3, 0.4) is 0 Å². The first-order chi connectivity index (χ1) is 21.4. The highest BCUT2D eigenvalue weighted by Gasteiger charge is 2.51. The highest BCUT2D eigenvalue weighted by atomic mass is 16.8. The van der Waals surface area contributed by atoms with Crippen LogP contribution >= 0.6 is 0 Å². The molecule has 2 fully saturated rings. The van der Waals surface area contributed by atoms with Gasteiger partial charge in [0.25, 0.3) is 0 Å². The minimum Gasteiger partial charge on any atom is -0.504 e. The Morgan fingerprint density at radius 2 is 1.62 bits per heavy atom. The monoisotopic (exact) mass is 638 g/mol. The summed E-state index contributed by atoms with van der Waals surface area (Å²) >= 11 is 0. The SMILES string of the molecule is CC1OC(OC2C(Oc3c(-c4ccc(O)c(O)c4)oc4cc5c(c(O)c4c3=O)OCO5)OC(CO)C(O)C2O)C(O)C(O)C1O. The standard InChI is InChI=1S/C28H30O17/c1-8-16(32)20(36)22(38)27(41-8)45-26-21(37)17(33)14(6-29)43-28(26)44-25-19(35)15-12(5-13-24(18(15)34)40-7-39-13)42-23(25)9-2-3-10(30)11(31)4-9/h2-5,8,14,16-17,20-22,26-34,36-38H,6-7H2,1H3. The van der Waals surface area contributed by atoms with E-state index in [2.05, 4.69) is 0 Å². The van der Waals surface area contributed by atoms with E-state index in [0.29, 0.717) is 0 Å². The molecule has 4 heterocycles. The lowest BCUT2D eigenvalue weighted by atomic mass is 9.97. The number of hydrogen-bond acceptors (Lipinski definition) is 17. The summed E-state index contributed by atoms with van der Waals surface area (Å²) in [4.78, 5) is 14.0. The number of fused-ring (bicyclic) bond motifs is 2. The van der Waals surface area contributed by atoms with Crippen LogP contribution in [-0.2, 0) is 14.2 Å². The van der Waals surface area contributed by atoms with Crippen LogP contribution < -0.4 is 19.6 Å². The van der Waals surface area contributed by atoms with Crippen molar-refractivity contribution in [3.63, 3.8) is 0 Å². The summed E-state index contributed by atoms with van der Waals surface area (Å²) < 4.78 is 39.2. The molecule has 0 spiro atoms. The molecule has 3 aromatic rings. The van der Waals surface area contributed by atoms with Gasteiger partial charge in [-0.25, -0.2) is 0 Å². The lowest BCUT2D eigenvalue weighted by Gasteiger charge is -2.45. The molecule has 17 heteroatoms. The fraction of sp³-hybridized carbons (Fsp3) is 0.464. The first-order valence-electron chi connectivity index (χ1n) is 13.7. The molecule has 1 aromatic heterocycles. The third kappa shape index (κ3) is 5.27. The van der Waals surface area contributed by atoms with E-state index in [-0.39, 0.29) is 35.2 Å². The number of aliphatic hydroxyl groups is 6. The molecule has 0 radical (unpaired) electrons. The molecule has 0 bridgehead atoms. The maximum absolute atomic E-state index is 14.0. The zero-order valence-electron chi connectivity index (χ0n) is 23.3. The molecule has 2 saturated heterocycles. The smallest absolute Gasteiger partial charge is 0.239 e. The minimum atomic E-state index is -1.91. The van der Waals surface area contributed by atoms with Crippen molar-refractivity contribution in [2.75, 3.05) is 13.4 Å². The number of phenolic OH excluding ortho intramolecular Hbond substituents is 3. The van der Waals surface area contributed by atoms with Crippen LogP contribution in [0.2, 0.25) is 0 Å². The second kappa shape index (κ2) is 11.8. The number of benzene rings is 2. The number of aliphatic hydroxyl groups excluding tert-OH is 6. The first kappa shape index (κ1) is 31.1. The van der Waals surface area contributed by atoms with E-state index in [1.54, 1.807) is 0 Å². The largest absolute Gasteiger partial charge is 0.504 e. The molecule has 10 atom stereocenters. The van der Waals surface area contributed by atoms with Crippen molar-refractivity contribution in [3.05, 3.63) is 34.5 Å². The van der Waals surface area contributed by atoms with Crippen molar-refractivity contribution >= 4 is 11.0 Å². The van der Waals surface area contributed by atoms with Crippen molar-refractivity contribution in [2.24, 2.45) is 0 Å². The Hall–Kier alpha value is -3.91. The highest BCUT2D eigenvalue weighted by molar-refractivity contribution is 5.91. The van der Waals surface area contributed by atoms with Gasteiger partial charge < -0.3 is 78.8 Å². The molecule has 3 aliphatic heterocycles. The van der Waals surface area contributed by atoms with Gasteiger partial charge in [-0.15, -0.1) is 0 Å². The van der Waals surface area contributed by atoms with Gasteiger partial charge in [-0.1, -0.05) is 0 Å². The zero-order valence-corrected chi connectivity index (χ0v) is 23.3. The van der Waals surface area contributed by atoms with E-state index < -0.39 is 102 Å². The Kier molecular flexibility index (Phi) is 8.14. The molecule has 244 valence electrons. The average molecular weight is 639 g/mol. The van der Waals surface area contributed by atoms with Crippen molar-refractivity contribution in [3.8, 4) is 45.8 Å². The molecular formula is C28H30O17. The third-order valence-corrected chi connectivity index (χ3v) is 7.85. The van der Waals surface area contributed by atoms with Gasteiger partial charge in [-0.3, -0.25) is 4.79 Å². The third-order valence-electron chi connectivity index (χ3n) is 7.85. The number of rotatable bonds is 6. The number of aromatic hydroxyl groups is 3. The predicted octanol–water partition coefficient (Wildman–Crippen LogP) is -1.66. The molecule has 0 amide bonds. The summed E-state index contributed by atoms with van der Waals surface area (Å²) in [6.07, 6.45) is -16.7. The summed E-state index contributed by atoms with van der Waals surface area (Å²) in [5, 5.41) is 92.7. The van der Waals surface area contributed by atoms with Crippen molar-refractivity contribution in [1.82, 2.24) is 0 Å². The lowest BCUT2D eigenvalue weighted by molar-refractivity contribution is -0.354. The fourth-order valence-corrected chi connectivity index (χ4v) is 5.33. The van der Waals surface area contributed by atoms with Crippen LogP contribution in [0.15, 0.2) is 33.5 Å². The minimum absolute atomic E-state index is 0.0130. The summed E-state index contributed by atoms with van der Waals surface area (Å²) in [5.41, 5.74) is -1.22. The summed E-state index contributed by atoms with van der Waals surface area (Å²) in [5.74, 6) is -2.88. The molecule has 0 saturated carbocycles.